The number of likely N-dealkylation sites (tertiary alicyclic amines) is 1. The smallest absolute Gasteiger partial charge is 0.323 e. The van der Waals surface area contributed by atoms with E-state index in [0.29, 0.717) is 17.3 Å². The van der Waals surface area contributed by atoms with Gasteiger partial charge in [-0.2, -0.15) is 0 Å². The molecule has 1 aliphatic heterocycles. The van der Waals surface area contributed by atoms with Crippen molar-refractivity contribution in [3.8, 4) is 11.5 Å². The van der Waals surface area contributed by atoms with Gasteiger partial charge in [0.15, 0.2) is 11.6 Å². The Balaban J connectivity index is 1.56. The number of anilines is 2. The molecule has 2 amide bonds. The molecule has 31 heavy (non-hydrogen) atoms. The molecule has 9 heteroatoms. The SMILES string of the molecule is CN(C(=O)Nc1cc(Oc2ccc(N)cc2F)ccn1)C1CCN(CC(C)(C)N)CC1. The van der Waals surface area contributed by atoms with Crippen molar-refractivity contribution >= 4 is 17.5 Å². The van der Waals surface area contributed by atoms with Crippen LogP contribution in [-0.4, -0.2) is 59.1 Å². The summed E-state index contributed by atoms with van der Waals surface area (Å²) in [5.41, 5.74) is 11.8. The highest BCUT2D eigenvalue weighted by atomic mass is 19.1. The Labute approximate surface area is 182 Å². The second-order valence-corrected chi connectivity index (χ2v) is 8.71. The predicted octanol–water partition coefficient (Wildman–Crippen LogP) is 3.26. The first-order valence-electron chi connectivity index (χ1n) is 10.3. The van der Waals surface area contributed by atoms with E-state index in [0.717, 1.165) is 32.5 Å². The zero-order chi connectivity index (χ0) is 22.6. The Hall–Kier alpha value is -2.91. The highest BCUT2D eigenvalue weighted by molar-refractivity contribution is 5.88. The van der Waals surface area contributed by atoms with Gasteiger partial charge >= 0.3 is 6.03 Å². The molecule has 168 valence electrons. The van der Waals surface area contributed by atoms with Crippen LogP contribution < -0.4 is 21.5 Å². The van der Waals surface area contributed by atoms with E-state index in [1.807, 2.05) is 13.8 Å². The fourth-order valence-corrected chi connectivity index (χ4v) is 3.67. The van der Waals surface area contributed by atoms with Gasteiger partial charge in [-0.15, -0.1) is 0 Å². The van der Waals surface area contributed by atoms with Crippen molar-refractivity contribution in [2.24, 2.45) is 5.73 Å². The Morgan fingerprint density at radius 2 is 2.03 bits per heavy atom. The maximum atomic E-state index is 14.0. The normalized spacial score (nSPS) is 15.5. The molecule has 8 nitrogen and oxygen atoms in total. The van der Waals surface area contributed by atoms with Crippen LogP contribution in [0.3, 0.4) is 0 Å². The van der Waals surface area contributed by atoms with Gasteiger partial charge < -0.3 is 26.0 Å². The van der Waals surface area contributed by atoms with E-state index in [1.54, 1.807) is 30.1 Å². The van der Waals surface area contributed by atoms with Gasteiger partial charge in [0.05, 0.1) is 0 Å². The van der Waals surface area contributed by atoms with Crippen molar-refractivity contribution in [2.75, 3.05) is 37.7 Å². The lowest BCUT2D eigenvalue weighted by Gasteiger charge is -2.38. The van der Waals surface area contributed by atoms with Gasteiger partial charge in [0.25, 0.3) is 0 Å². The monoisotopic (exact) mass is 430 g/mol. The molecule has 0 saturated carbocycles. The van der Waals surface area contributed by atoms with E-state index in [9.17, 15) is 9.18 Å². The molecule has 0 unspecified atom stereocenters. The summed E-state index contributed by atoms with van der Waals surface area (Å²) in [6.07, 6.45) is 3.26. The van der Waals surface area contributed by atoms with Crippen molar-refractivity contribution < 1.29 is 13.9 Å². The van der Waals surface area contributed by atoms with Crippen LogP contribution in [0.25, 0.3) is 0 Å². The van der Waals surface area contributed by atoms with Gasteiger partial charge in [-0.3, -0.25) is 5.32 Å². The zero-order valence-corrected chi connectivity index (χ0v) is 18.3. The number of hydrogen-bond acceptors (Lipinski definition) is 6. The first kappa shape index (κ1) is 22.8. The lowest BCUT2D eigenvalue weighted by Crippen LogP contribution is -2.51. The molecule has 3 rings (SSSR count). The van der Waals surface area contributed by atoms with Gasteiger partial charge in [-0.05, 0) is 44.9 Å². The molecule has 1 aliphatic rings. The molecule has 0 aliphatic carbocycles. The Kier molecular flexibility index (Phi) is 6.97. The number of halogens is 1. The largest absolute Gasteiger partial charge is 0.454 e. The van der Waals surface area contributed by atoms with Crippen LogP contribution in [0.1, 0.15) is 26.7 Å². The highest BCUT2D eigenvalue weighted by Crippen LogP contribution is 2.27. The van der Waals surface area contributed by atoms with E-state index in [4.69, 9.17) is 16.2 Å². The summed E-state index contributed by atoms with van der Waals surface area (Å²) in [6.45, 7) is 6.67. The number of pyridine rings is 1. The number of piperidine rings is 1. The lowest BCUT2D eigenvalue weighted by atomic mass is 10.0. The molecule has 2 heterocycles. The van der Waals surface area contributed by atoms with Crippen LogP contribution in [0.5, 0.6) is 11.5 Å². The van der Waals surface area contributed by atoms with E-state index in [-0.39, 0.29) is 23.4 Å². The number of carbonyl (C=O) groups excluding carboxylic acids is 1. The average molecular weight is 431 g/mol. The standard InChI is InChI=1S/C22H31FN6O2/c1-22(2,25)14-29-10-7-16(8-11-29)28(3)21(30)27-20-13-17(6-9-26-20)31-19-5-4-15(24)12-18(19)23/h4-6,9,12-13,16H,7-8,10-11,14,24-25H2,1-3H3,(H,26,27,30). The number of nitrogens with two attached hydrogens (primary N) is 2. The number of ether oxygens (including phenoxy) is 1. The van der Waals surface area contributed by atoms with Crippen molar-refractivity contribution in [3.05, 3.63) is 42.3 Å². The minimum Gasteiger partial charge on any atom is -0.454 e. The predicted molar refractivity (Wildman–Crippen MR) is 120 cm³/mol. The first-order chi connectivity index (χ1) is 14.6. The maximum absolute atomic E-state index is 14.0. The second kappa shape index (κ2) is 9.49. The molecule has 0 bridgehead atoms. The number of nitrogens with one attached hydrogen (secondary N) is 1. The van der Waals surface area contributed by atoms with Crippen molar-refractivity contribution in [3.63, 3.8) is 0 Å². The van der Waals surface area contributed by atoms with Crippen LogP contribution in [0.15, 0.2) is 36.5 Å². The molecule has 5 N–H and O–H groups in total. The molecule has 0 spiro atoms. The first-order valence-corrected chi connectivity index (χ1v) is 10.3. The van der Waals surface area contributed by atoms with Crippen LogP contribution in [0.4, 0.5) is 20.7 Å². The number of urea groups is 1. The highest BCUT2D eigenvalue weighted by Gasteiger charge is 2.27. The van der Waals surface area contributed by atoms with Crippen LogP contribution in [-0.2, 0) is 0 Å². The number of amides is 2. The molecule has 0 atom stereocenters. The summed E-state index contributed by atoms with van der Waals surface area (Å²) in [4.78, 5) is 20.9. The minimum absolute atomic E-state index is 0.0437. The van der Waals surface area contributed by atoms with Crippen LogP contribution in [0, 0.1) is 5.82 Å². The third-order valence-electron chi connectivity index (χ3n) is 5.21. The minimum atomic E-state index is -0.563. The molecule has 0 radical (unpaired) electrons. The van der Waals surface area contributed by atoms with Crippen LogP contribution in [0.2, 0.25) is 0 Å². The number of nitrogen functional groups attached to an aromatic ring is 1. The Morgan fingerprint density at radius 3 is 2.68 bits per heavy atom. The van der Waals surface area contributed by atoms with Crippen molar-refractivity contribution in [1.29, 1.82) is 0 Å². The summed E-state index contributed by atoms with van der Waals surface area (Å²) in [5, 5.41) is 2.79. The number of benzene rings is 1. The number of hydrogen-bond donors (Lipinski definition) is 3. The molecule has 1 aromatic carbocycles. The third kappa shape index (κ3) is 6.53. The molecular weight excluding hydrogens is 399 g/mol. The number of rotatable bonds is 6. The molecule has 1 fully saturated rings. The summed E-state index contributed by atoms with van der Waals surface area (Å²) >= 11 is 0. The van der Waals surface area contributed by atoms with E-state index >= 15 is 0 Å². The third-order valence-corrected chi connectivity index (χ3v) is 5.21. The quantitative estimate of drug-likeness (QED) is 0.607. The van der Waals surface area contributed by atoms with E-state index in [2.05, 4.69) is 15.2 Å². The number of carbonyl (C=O) groups is 1. The van der Waals surface area contributed by atoms with Crippen molar-refractivity contribution in [2.45, 2.75) is 38.3 Å². The zero-order valence-electron chi connectivity index (χ0n) is 18.3. The van der Waals surface area contributed by atoms with Crippen LogP contribution >= 0.6 is 0 Å². The topological polar surface area (TPSA) is 110 Å². The fourth-order valence-electron chi connectivity index (χ4n) is 3.67. The second-order valence-electron chi connectivity index (χ2n) is 8.71. The van der Waals surface area contributed by atoms with Crippen molar-refractivity contribution in [1.82, 2.24) is 14.8 Å². The average Bonchev–Trinajstić information content (AvgIpc) is 2.69. The van der Waals surface area contributed by atoms with Gasteiger partial charge in [0, 0.05) is 62.3 Å². The Bertz CT molecular complexity index is 909. The maximum Gasteiger partial charge on any atom is 0.323 e. The Morgan fingerprint density at radius 1 is 1.32 bits per heavy atom. The van der Waals surface area contributed by atoms with Gasteiger partial charge in [-0.25, -0.2) is 14.2 Å². The van der Waals surface area contributed by atoms with Gasteiger partial charge in [-0.1, -0.05) is 0 Å². The number of nitrogens with zero attached hydrogens (tertiary/aromatic N) is 3. The van der Waals surface area contributed by atoms with E-state index < -0.39 is 5.82 Å². The molecule has 1 saturated heterocycles. The van der Waals surface area contributed by atoms with E-state index in [1.165, 1.54) is 18.3 Å². The van der Waals surface area contributed by atoms with Gasteiger partial charge in [0.2, 0.25) is 0 Å². The summed E-state index contributed by atoms with van der Waals surface area (Å²) in [5.74, 6) is 0.163. The number of aromatic nitrogens is 1. The van der Waals surface area contributed by atoms with Gasteiger partial charge in [0.1, 0.15) is 11.6 Å². The molecule has 1 aromatic heterocycles. The summed E-state index contributed by atoms with van der Waals surface area (Å²) < 4.78 is 19.5. The fraction of sp³-hybridized carbons (Fsp3) is 0.455. The molecular formula is C22H31FN6O2. The molecule has 2 aromatic rings. The summed E-state index contributed by atoms with van der Waals surface area (Å²) in [6, 6.07) is 7.22. The lowest BCUT2D eigenvalue weighted by molar-refractivity contribution is 0.127. The summed E-state index contributed by atoms with van der Waals surface area (Å²) in [7, 11) is 1.78.